The molecular formula is C10H11Cl2NO2S. The van der Waals surface area contributed by atoms with E-state index in [1.54, 1.807) is 17.8 Å². The Morgan fingerprint density at radius 2 is 2.19 bits per heavy atom. The van der Waals surface area contributed by atoms with Crippen LogP contribution < -0.4 is 0 Å². The molecule has 0 aromatic heterocycles. The maximum Gasteiger partial charge on any atom is 0.288 e. The van der Waals surface area contributed by atoms with Crippen molar-refractivity contribution in [2.24, 2.45) is 0 Å². The number of hydrogen-bond acceptors (Lipinski definition) is 3. The second kappa shape index (κ2) is 6.33. The predicted molar refractivity (Wildman–Crippen MR) is 68.9 cm³/mol. The fraction of sp³-hybridized carbons (Fsp3) is 0.400. The van der Waals surface area contributed by atoms with E-state index in [2.05, 4.69) is 0 Å². The van der Waals surface area contributed by atoms with E-state index in [0.29, 0.717) is 5.88 Å². The summed E-state index contributed by atoms with van der Waals surface area (Å²) < 4.78 is 0. The van der Waals surface area contributed by atoms with Gasteiger partial charge in [0, 0.05) is 16.8 Å². The van der Waals surface area contributed by atoms with E-state index in [0.717, 1.165) is 22.6 Å². The summed E-state index contributed by atoms with van der Waals surface area (Å²) in [4.78, 5) is 11.1. The van der Waals surface area contributed by atoms with Gasteiger partial charge in [0.1, 0.15) is 5.02 Å². The van der Waals surface area contributed by atoms with Crippen molar-refractivity contribution in [1.82, 2.24) is 0 Å². The topological polar surface area (TPSA) is 43.1 Å². The SMILES string of the molecule is Cc1cc([N+](=O)[O-])c(Cl)cc1SCCCCl. The quantitative estimate of drug-likeness (QED) is 0.266. The first-order chi connectivity index (χ1) is 7.56. The van der Waals surface area contributed by atoms with Crippen LogP contribution in [0.3, 0.4) is 0 Å². The summed E-state index contributed by atoms with van der Waals surface area (Å²) in [5.41, 5.74) is 0.830. The molecule has 0 amide bonds. The molecule has 0 atom stereocenters. The second-order valence-electron chi connectivity index (χ2n) is 3.22. The third-order valence-corrected chi connectivity index (χ3v) is 3.79. The first-order valence-electron chi connectivity index (χ1n) is 4.69. The van der Waals surface area contributed by atoms with Crippen LogP contribution in [0.2, 0.25) is 5.02 Å². The first-order valence-corrected chi connectivity index (χ1v) is 6.59. The molecule has 0 aliphatic rings. The average Bonchev–Trinajstić information content (AvgIpc) is 2.22. The summed E-state index contributed by atoms with van der Waals surface area (Å²) in [7, 11) is 0. The highest BCUT2D eigenvalue weighted by Gasteiger charge is 2.14. The average molecular weight is 280 g/mol. The molecule has 0 heterocycles. The standard InChI is InChI=1S/C10H11Cl2NO2S/c1-7-5-9(13(14)15)8(12)6-10(7)16-4-2-3-11/h5-6H,2-4H2,1H3. The molecule has 0 radical (unpaired) electrons. The molecule has 0 aliphatic carbocycles. The molecule has 0 unspecified atom stereocenters. The summed E-state index contributed by atoms with van der Waals surface area (Å²) in [5.74, 6) is 1.51. The van der Waals surface area contributed by atoms with Crippen molar-refractivity contribution in [3.63, 3.8) is 0 Å². The van der Waals surface area contributed by atoms with Crippen LogP contribution in [0.4, 0.5) is 5.69 Å². The molecule has 88 valence electrons. The van der Waals surface area contributed by atoms with Crippen molar-refractivity contribution in [1.29, 1.82) is 0 Å². The number of alkyl halides is 1. The largest absolute Gasteiger partial charge is 0.288 e. The van der Waals surface area contributed by atoms with Crippen molar-refractivity contribution in [3.05, 3.63) is 32.8 Å². The monoisotopic (exact) mass is 279 g/mol. The van der Waals surface area contributed by atoms with Gasteiger partial charge in [0.2, 0.25) is 0 Å². The van der Waals surface area contributed by atoms with E-state index in [-0.39, 0.29) is 10.7 Å². The van der Waals surface area contributed by atoms with Crippen molar-refractivity contribution in [2.45, 2.75) is 18.2 Å². The van der Waals surface area contributed by atoms with Crippen LogP contribution >= 0.6 is 35.0 Å². The highest BCUT2D eigenvalue weighted by molar-refractivity contribution is 7.99. The lowest BCUT2D eigenvalue weighted by Crippen LogP contribution is -1.92. The number of aryl methyl sites for hydroxylation is 1. The smallest absolute Gasteiger partial charge is 0.258 e. The van der Waals surface area contributed by atoms with E-state index in [1.165, 1.54) is 6.07 Å². The molecule has 0 aliphatic heterocycles. The van der Waals surface area contributed by atoms with Crippen molar-refractivity contribution >= 4 is 40.7 Å². The third kappa shape index (κ3) is 3.54. The van der Waals surface area contributed by atoms with Gasteiger partial charge < -0.3 is 0 Å². The van der Waals surface area contributed by atoms with Crippen LogP contribution in [0.1, 0.15) is 12.0 Å². The number of nitro groups is 1. The summed E-state index contributed by atoms with van der Waals surface area (Å²) in [5, 5.41) is 10.8. The first kappa shape index (κ1) is 13.6. The van der Waals surface area contributed by atoms with Gasteiger partial charge in [0.25, 0.3) is 5.69 Å². The highest BCUT2D eigenvalue weighted by Crippen LogP contribution is 2.33. The van der Waals surface area contributed by atoms with Crippen LogP contribution in [0, 0.1) is 17.0 Å². The van der Waals surface area contributed by atoms with Gasteiger partial charge in [-0.2, -0.15) is 0 Å². The van der Waals surface area contributed by atoms with Gasteiger partial charge in [-0.25, -0.2) is 0 Å². The number of rotatable bonds is 5. The van der Waals surface area contributed by atoms with Crippen LogP contribution in [0.5, 0.6) is 0 Å². The second-order valence-corrected chi connectivity index (χ2v) is 5.14. The van der Waals surface area contributed by atoms with Crippen molar-refractivity contribution in [2.75, 3.05) is 11.6 Å². The summed E-state index contributed by atoms with van der Waals surface area (Å²) in [6.07, 6.45) is 0.903. The molecule has 1 aromatic carbocycles. The lowest BCUT2D eigenvalue weighted by Gasteiger charge is -2.05. The van der Waals surface area contributed by atoms with Crippen molar-refractivity contribution < 1.29 is 4.92 Å². The van der Waals surface area contributed by atoms with E-state index in [4.69, 9.17) is 23.2 Å². The van der Waals surface area contributed by atoms with Gasteiger partial charge in [0.05, 0.1) is 4.92 Å². The van der Waals surface area contributed by atoms with E-state index in [9.17, 15) is 10.1 Å². The predicted octanol–water partition coefficient (Wildman–Crippen LogP) is 4.28. The Bertz CT molecular complexity index is 399. The number of benzene rings is 1. The Morgan fingerprint density at radius 1 is 1.50 bits per heavy atom. The minimum atomic E-state index is -0.470. The van der Waals surface area contributed by atoms with E-state index < -0.39 is 4.92 Å². The zero-order valence-corrected chi connectivity index (χ0v) is 11.0. The van der Waals surface area contributed by atoms with Crippen LogP contribution in [0.15, 0.2) is 17.0 Å². The Hall–Kier alpha value is -0.450. The molecule has 3 nitrogen and oxygen atoms in total. The van der Waals surface area contributed by atoms with Gasteiger partial charge in [-0.15, -0.1) is 23.4 Å². The number of hydrogen-bond donors (Lipinski definition) is 0. The summed E-state index contributed by atoms with van der Waals surface area (Å²) >= 11 is 13.0. The lowest BCUT2D eigenvalue weighted by molar-refractivity contribution is -0.384. The van der Waals surface area contributed by atoms with Crippen LogP contribution in [-0.2, 0) is 0 Å². The molecule has 0 saturated carbocycles. The fourth-order valence-electron chi connectivity index (χ4n) is 1.18. The Kier molecular flexibility index (Phi) is 5.38. The highest BCUT2D eigenvalue weighted by atomic mass is 35.5. The maximum atomic E-state index is 10.6. The van der Waals surface area contributed by atoms with Gasteiger partial charge in [-0.3, -0.25) is 10.1 Å². The number of nitro benzene ring substituents is 1. The number of nitrogens with zero attached hydrogens (tertiary/aromatic N) is 1. The minimum Gasteiger partial charge on any atom is -0.258 e. The number of halogens is 2. The molecule has 1 rings (SSSR count). The van der Waals surface area contributed by atoms with E-state index in [1.807, 2.05) is 6.92 Å². The molecule has 0 N–H and O–H groups in total. The molecule has 16 heavy (non-hydrogen) atoms. The number of thioether (sulfide) groups is 1. The van der Waals surface area contributed by atoms with Gasteiger partial charge in [-0.05, 0) is 30.7 Å². The van der Waals surface area contributed by atoms with E-state index >= 15 is 0 Å². The van der Waals surface area contributed by atoms with Crippen LogP contribution in [0.25, 0.3) is 0 Å². The van der Waals surface area contributed by atoms with Gasteiger partial charge in [-0.1, -0.05) is 11.6 Å². The maximum absolute atomic E-state index is 10.6. The zero-order chi connectivity index (χ0) is 12.1. The Balaban J connectivity index is 2.88. The third-order valence-electron chi connectivity index (χ3n) is 1.98. The molecular weight excluding hydrogens is 269 g/mol. The normalized spacial score (nSPS) is 10.4. The summed E-state index contributed by atoms with van der Waals surface area (Å²) in [6, 6.07) is 3.15. The zero-order valence-electron chi connectivity index (χ0n) is 8.70. The summed E-state index contributed by atoms with van der Waals surface area (Å²) in [6.45, 7) is 1.84. The van der Waals surface area contributed by atoms with Gasteiger partial charge in [0.15, 0.2) is 0 Å². The molecule has 0 bridgehead atoms. The Morgan fingerprint density at radius 3 is 2.75 bits per heavy atom. The molecule has 0 saturated heterocycles. The van der Waals surface area contributed by atoms with Crippen molar-refractivity contribution in [3.8, 4) is 0 Å². The van der Waals surface area contributed by atoms with Crippen LogP contribution in [-0.4, -0.2) is 16.6 Å². The molecule has 1 aromatic rings. The van der Waals surface area contributed by atoms with Gasteiger partial charge >= 0.3 is 0 Å². The molecule has 0 fully saturated rings. The minimum absolute atomic E-state index is 0.0409. The fourth-order valence-corrected chi connectivity index (χ4v) is 2.77. The lowest BCUT2D eigenvalue weighted by atomic mass is 10.2. The molecule has 6 heteroatoms. The Labute approximate surface area is 108 Å². The molecule has 0 spiro atoms.